The van der Waals surface area contributed by atoms with Crippen LogP contribution >= 0.6 is 0 Å². The number of aromatic nitrogens is 3. The summed E-state index contributed by atoms with van der Waals surface area (Å²) in [4.78, 5) is 40.0. The highest BCUT2D eigenvalue weighted by molar-refractivity contribution is 5.91. The molecule has 1 fully saturated rings. The first-order chi connectivity index (χ1) is 17.8. The van der Waals surface area contributed by atoms with Crippen molar-refractivity contribution in [1.29, 1.82) is 0 Å². The minimum atomic E-state index is -0.451. The lowest BCUT2D eigenvalue weighted by molar-refractivity contribution is -0.131. The number of nitrogens with zero attached hydrogens (tertiary/aromatic N) is 5. The van der Waals surface area contributed by atoms with Crippen molar-refractivity contribution in [3.63, 3.8) is 0 Å². The van der Waals surface area contributed by atoms with Crippen LogP contribution in [0.1, 0.15) is 31.2 Å². The van der Waals surface area contributed by atoms with E-state index in [-0.39, 0.29) is 18.4 Å². The first-order valence-corrected chi connectivity index (χ1v) is 12.1. The highest BCUT2D eigenvalue weighted by Crippen LogP contribution is 2.26. The quantitative estimate of drug-likeness (QED) is 0.227. The van der Waals surface area contributed by atoms with Crippen molar-refractivity contribution in [3.05, 3.63) is 48.2 Å². The molecule has 2 amide bonds. The number of hydrogen-bond donors (Lipinski definition) is 3. The molecule has 0 unspecified atom stereocenters. The van der Waals surface area contributed by atoms with Crippen LogP contribution in [0.25, 0.3) is 0 Å². The number of pyridine rings is 1. The number of carbonyl (C=O) groups excluding carboxylic acids is 2. The summed E-state index contributed by atoms with van der Waals surface area (Å²) in [5, 5.41) is 9.12. The number of amides is 2. The minimum Gasteiger partial charge on any atom is -0.366 e. The summed E-state index contributed by atoms with van der Waals surface area (Å²) >= 11 is 0. The predicted molar refractivity (Wildman–Crippen MR) is 141 cm³/mol. The molecule has 2 heterocycles. The molecule has 37 heavy (non-hydrogen) atoms. The second kappa shape index (κ2) is 13.9. The van der Waals surface area contributed by atoms with Gasteiger partial charge in [0.15, 0.2) is 0 Å². The molecule has 0 spiro atoms. The fraction of sp³-hybridized carbons (Fsp3) is 0.423. The Morgan fingerprint density at radius 2 is 2.03 bits per heavy atom. The zero-order valence-electron chi connectivity index (χ0n) is 21.4. The Bertz CT molecular complexity index is 1170. The Hall–Kier alpha value is -4.04. The Morgan fingerprint density at radius 3 is 2.76 bits per heavy atom. The van der Waals surface area contributed by atoms with E-state index in [0.717, 1.165) is 19.0 Å². The summed E-state index contributed by atoms with van der Waals surface area (Å²) in [7, 11) is 5.42. The van der Waals surface area contributed by atoms with E-state index in [9.17, 15) is 14.0 Å². The number of hydrogen-bond acceptors (Lipinski definition) is 8. The lowest BCUT2D eigenvalue weighted by Gasteiger charge is -2.14. The van der Waals surface area contributed by atoms with Gasteiger partial charge in [0.1, 0.15) is 11.6 Å². The number of nitrogens with one attached hydrogen (secondary N) is 3. The third kappa shape index (κ3) is 10.2. The number of halogens is 1. The first-order valence-electron chi connectivity index (χ1n) is 12.1. The summed E-state index contributed by atoms with van der Waals surface area (Å²) in [6.45, 7) is 1.11. The molecule has 0 saturated heterocycles. The number of likely N-dealkylation sites (N-methyl/N-ethyl adjacent to an activating group) is 2. The third-order valence-electron chi connectivity index (χ3n) is 5.18. The van der Waals surface area contributed by atoms with Crippen LogP contribution in [0.2, 0.25) is 0 Å². The maximum absolute atomic E-state index is 13.4. The van der Waals surface area contributed by atoms with E-state index in [4.69, 9.17) is 0 Å². The molecule has 1 saturated carbocycles. The summed E-state index contributed by atoms with van der Waals surface area (Å²) < 4.78 is 13.4. The van der Waals surface area contributed by atoms with Gasteiger partial charge >= 0.3 is 0 Å². The molecule has 0 aliphatic heterocycles. The molecule has 1 aliphatic rings. The second-order valence-electron chi connectivity index (χ2n) is 9.01. The Kier molecular flexibility index (Phi) is 10.3. The van der Waals surface area contributed by atoms with E-state index in [1.54, 1.807) is 19.3 Å². The van der Waals surface area contributed by atoms with Gasteiger partial charge < -0.3 is 25.8 Å². The fourth-order valence-corrected chi connectivity index (χ4v) is 3.08. The number of rotatable bonds is 12. The topological polar surface area (TPSA) is 115 Å². The SMILES string of the molecule is CN(C)C/C=C/C(=O)N(C)CC(=O)NCCCC#Cc1cnc(Nc2cncc(F)c2)nc1NC1CC1. The molecule has 2 aromatic heterocycles. The Morgan fingerprint density at radius 1 is 1.22 bits per heavy atom. The second-order valence-corrected chi connectivity index (χ2v) is 9.01. The lowest BCUT2D eigenvalue weighted by atomic mass is 10.2. The monoisotopic (exact) mass is 508 g/mol. The van der Waals surface area contributed by atoms with Crippen LogP contribution in [0.4, 0.5) is 21.8 Å². The third-order valence-corrected chi connectivity index (χ3v) is 5.18. The average molecular weight is 509 g/mol. The fourth-order valence-electron chi connectivity index (χ4n) is 3.08. The summed E-state index contributed by atoms with van der Waals surface area (Å²) in [6.07, 6.45) is 10.9. The zero-order chi connectivity index (χ0) is 26.6. The van der Waals surface area contributed by atoms with E-state index in [1.165, 1.54) is 23.2 Å². The molecule has 11 heteroatoms. The molecule has 10 nitrogen and oxygen atoms in total. The van der Waals surface area contributed by atoms with Crippen molar-refractivity contribution < 1.29 is 14.0 Å². The van der Waals surface area contributed by atoms with Gasteiger partial charge in [-0.15, -0.1) is 0 Å². The van der Waals surface area contributed by atoms with Gasteiger partial charge in [-0.05, 0) is 33.4 Å². The largest absolute Gasteiger partial charge is 0.366 e. The van der Waals surface area contributed by atoms with Crippen LogP contribution in [0.3, 0.4) is 0 Å². The van der Waals surface area contributed by atoms with Crippen LogP contribution in [0.5, 0.6) is 0 Å². The predicted octanol–water partition coefficient (Wildman–Crippen LogP) is 2.15. The van der Waals surface area contributed by atoms with Gasteiger partial charge in [0.2, 0.25) is 17.8 Å². The van der Waals surface area contributed by atoms with Crippen molar-refractivity contribution in [1.82, 2.24) is 30.1 Å². The standard InChI is InChI=1S/C26H33FN8O2/c1-34(2)13-7-9-24(37)35(3)18-23(36)29-12-6-4-5-8-19-15-30-26(33-25(19)31-21-10-11-21)32-22-14-20(27)16-28-17-22/h7,9,14-17,21H,4,6,10-13,18H2,1-3H3,(H,29,36)(H2,30,31,32,33)/b9-7+. The van der Waals surface area contributed by atoms with Gasteiger partial charge in [0.05, 0.1) is 36.4 Å². The maximum atomic E-state index is 13.4. The molecule has 1 aliphatic carbocycles. The van der Waals surface area contributed by atoms with E-state index in [0.29, 0.717) is 55.0 Å². The molecular weight excluding hydrogens is 475 g/mol. The van der Waals surface area contributed by atoms with Gasteiger partial charge in [-0.1, -0.05) is 17.9 Å². The van der Waals surface area contributed by atoms with Gasteiger partial charge in [0.25, 0.3) is 0 Å². The minimum absolute atomic E-state index is 0.00355. The van der Waals surface area contributed by atoms with E-state index >= 15 is 0 Å². The molecule has 2 aromatic rings. The summed E-state index contributed by atoms with van der Waals surface area (Å²) in [6, 6.07) is 1.68. The lowest BCUT2D eigenvalue weighted by Crippen LogP contribution is -2.38. The van der Waals surface area contributed by atoms with Crippen LogP contribution in [-0.4, -0.2) is 83.4 Å². The van der Waals surface area contributed by atoms with Crippen LogP contribution < -0.4 is 16.0 Å². The molecule has 196 valence electrons. The summed E-state index contributed by atoms with van der Waals surface area (Å²) in [5.41, 5.74) is 1.12. The van der Waals surface area contributed by atoms with Crippen molar-refractivity contribution in [2.45, 2.75) is 31.7 Å². The van der Waals surface area contributed by atoms with E-state index in [2.05, 4.69) is 42.7 Å². The molecule has 0 atom stereocenters. The number of anilines is 3. The van der Waals surface area contributed by atoms with Crippen molar-refractivity contribution in [2.24, 2.45) is 0 Å². The molecule has 3 N–H and O–H groups in total. The smallest absolute Gasteiger partial charge is 0.246 e. The highest BCUT2D eigenvalue weighted by Gasteiger charge is 2.22. The highest BCUT2D eigenvalue weighted by atomic mass is 19.1. The van der Waals surface area contributed by atoms with Crippen LogP contribution in [-0.2, 0) is 9.59 Å². The van der Waals surface area contributed by atoms with Gasteiger partial charge in [-0.3, -0.25) is 14.6 Å². The van der Waals surface area contributed by atoms with Crippen LogP contribution in [0, 0.1) is 17.7 Å². The maximum Gasteiger partial charge on any atom is 0.246 e. The molecule has 3 rings (SSSR count). The average Bonchev–Trinajstić information content (AvgIpc) is 3.66. The Labute approximate surface area is 216 Å². The van der Waals surface area contributed by atoms with Gasteiger partial charge in [-0.2, -0.15) is 4.98 Å². The summed E-state index contributed by atoms with van der Waals surface area (Å²) in [5.74, 6) is 6.26. The molecule has 0 radical (unpaired) electrons. The zero-order valence-corrected chi connectivity index (χ0v) is 21.4. The number of unbranched alkanes of at least 4 members (excludes halogenated alkanes) is 1. The van der Waals surface area contributed by atoms with E-state index < -0.39 is 5.82 Å². The van der Waals surface area contributed by atoms with Crippen LogP contribution in [0.15, 0.2) is 36.8 Å². The van der Waals surface area contributed by atoms with Crippen molar-refractivity contribution >= 4 is 29.3 Å². The molecule has 0 aromatic carbocycles. The van der Waals surface area contributed by atoms with Crippen molar-refractivity contribution in [3.8, 4) is 11.8 Å². The molecular formula is C26H33FN8O2. The number of carbonyl (C=O) groups is 2. The molecule has 0 bridgehead atoms. The van der Waals surface area contributed by atoms with Gasteiger partial charge in [0, 0.05) is 44.7 Å². The van der Waals surface area contributed by atoms with E-state index in [1.807, 2.05) is 19.0 Å². The van der Waals surface area contributed by atoms with Crippen molar-refractivity contribution in [2.75, 3.05) is 51.4 Å². The van der Waals surface area contributed by atoms with Gasteiger partial charge in [-0.25, -0.2) is 9.37 Å². The first kappa shape index (κ1) is 27.5. The normalized spacial score (nSPS) is 12.7. The Balaban J connectivity index is 1.45.